The highest BCUT2D eigenvalue weighted by Crippen LogP contribution is 2.20. The summed E-state index contributed by atoms with van der Waals surface area (Å²) in [5, 5.41) is 0. The number of carbonyl (C=O) groups excluding carboxylic acids is 1. The van der Waals surface area contributed by atoms with Gasteiger partial charge in [-0.15, -0.1) is 0 Å². The van der Waals surface area contributed by atoms with Crippen LogP contribution in [0.15, 0.2) is 0 Å². The maximum absolute atomic E-state index is 12.0. The van der Waals surface area contributed by atoms with Gasteiger partial charge in [-0.2, -0.15) is 0 Å². The van der Waals surface area contributed by atoms with Gasteiger partial charge >= 0.3 is 6.09 Å². The number of rotatable bonds is 3. The Labute approximate surface area is 103 Å². The first-order chi connectivity index (χ1) is 7.83. The highest BCUT2D eigenvalue weighted by molar-refractivity contribution is 5.69. The van der Waals surface area contributed by atoms with Crippen LogP contribution in [0, 0.1) is 0 Å². The zero-order valence-electron chi connectivity index (χ0n) is 11.2. The lowest BCUT2D eigenvalue weighted by Crippen LogP contribution is -2.42. The SMILES string of the molecule is CCOC[C@@H]1C[C@@H](N)CN1C(=O)OC(C)(C)C. The average molecular weight is 244 g/mol. The summed E-state index contributed by atoms with van der Waals surface area (Å²) in [4.78, 5) is 13.7. The van der Waals surface area contributed by atoms with Crippen molar-refractivity contribution in [3.05, 3.63) is 0 Å². The van der Waals surface area contributed by atoms with Crippen LogP contribution < -0.4 is 5.73 Å². The van der Waals surface area contributed by atoms with E-state index in [4.69, 9.17) is 15.2 Å². The Morgan fingerprint density at radius 1 is 1.47 bits per heavy atom. The van der Waals surface area contributed by atoms with Gasteiger partial charge in [0, 0.05) is 19.2 Å². The van der Waals surface area contributed by atoms with Crippen LogP contribution in [0.1, 0.15) is 34.1 Å². The number of nitrogens with two attached hydrogens (primary N) is 1. The Hall–Kier alpha value is -0.810. The third-order valence-electron chi connectivity index (χ3n) is 2.59. The second-order valence-electron chi connectivity index (χ2n) is 5.44. The quantitative estimate of drug-likeness (QED) is 0.814. The molecule has 1 rings (SSSR count). The fourth-order valence-electron chi connectivity index (χ4n) is 1.91. The molecule has 0 aromatic heterocycles. The van der Waals surface area contributed by atoms with Gasteiger partial charge < -0.3 is 20.1 Å². The number of hydrogen-bond acceptors (Lipinski definition) is 4. The predicted molar refractivity (Wildman–Crippen MR) is 65.8 cm³/mol. The second kappa shape index (κ2) is 5.69. The van der Waals surface area contributed by atoms with Crippen LogP contribution in [0.5, 0.6) is 0 Å². The molecule has 0 unspecified atom stereocenters. The van der Waals surface area contributed by atoms with E-state index in [9.17, 15) is 4.79 Å². The fraction of sp³-hybridized carbons (Fsp3) is 0.917. The first-order valence-corrected chi connectivity index (χ1v) is 6.16. The molecule has 0 aliphatic carbocycles. The number of likely N-dealkylation sites (tertiary alicyclic amines) is 1. The molecule has 1 fully saturated rings. The molecule has 0 radical (unpaired) electrons. The molecule has 0 spiro atoms. The third kappa shape index (κ3) is 4.52. The number of ether oxygens (including phenoxy) is 2. The van der Waals surface area contributed by atoms with Crippen molar-refractivity contribution in [3.8, 4) is 0 Å². The first kappa shape index (κ1) is 14.3. The Morgan fingerprint density at radius 3 is 2.65 bits per heavy atom. The number of amides is 1. The van der Waals surface area contributed by atoms with Crippen molar-refractivity contribution < 1.29 is 14.3 Å². The number of carbonyl (C=O) groups is 1. The number of hydrogen-bond donors (Lipinski definition) is 1. The largest absolute Gasteiger partial charge is 0.444 e. The van der Waals surface area contributed by atoms with Gasteiger partial charge in [0.2, 0.25) is 0 Å². The topological polar surface area (TPSA) is 64.8 Å². The van der Waals surface area contributed by atoms with Crippen molar-refractivity contribution in [2.45, 2.75) is 51.8 Å². The van der Waals surface area contributed by atoms with E-state index in [1.54, 1.807) is 4.90 Å². The van der Waals surface area contributed by atoms with Gasteiger partial charge in [0.25, 0.3) is 0 Å². The van der Waals surface area contributed by atoms with E-state index in [0.717, 1.165) is 6.42 Å². The molecule has 1 aliphatic heterocycles. The lowest BCUT2D eigenvalue weighted by molar-refractivity contribution is 0.0116. The monoisotopic (exact) mass is 244 g/mol. The van der Waals surface area contributed by atoms with Crippen molar-refractivity contribution in [1.29, 1.82) is 0 Å². The molecule has 1 aliphatic rings. The van der Waals surface area contributed by atoms with Crippen LogP contribution in [-0.2, 0) is 9.47 Å². The minimum atomic E-state index is -0.472. The van der Waals surface area contributed by atoms with Crippen LogP contribution >= 0.6 is 0 Å². The van der Waals surface area contributed by atoms with Gasteiger partial charge in [-0.3, -0.25) is 0 Å². The summed E-state index contributed by atoms with van der Waals surface area (Å²) in [5.41, 5.74) is 5.41. The average Bonchev–Trinajstić information content (AvgIpc) is 2.54. The summed E-state index contributed by atoms with van der Waals surface area (Å²) in [6, 6.07) is 0.0628. The molecule has 1 saturated heterocycles. The Morgan fingerprint density at radius 2 is 2.12 bits per heavy atom. The van der Waals surface area contributed by atoms with Gasteiger partial charge in [-0.25, -0.2) is 4.79 Å². The smallest absolute Gasteiger partial charge is 0.410 e. The molecule has 0 bridgehead atoms. The molecule has 0 aromatic rings. The highest BCUT2D eigenvalue weighted by Gasteiger charge is 2.35. The molecule has 2 atom stereocenters. The van der Waals surface area contributed by atoms with Crippen molar-refractivity contribution in [2.75, 3.05) is 19.8 Å². The van der Waals surface area contributed by atoms with E-state index in [1.165, 1.54) is 0 Å². The minimum Gasteiger partial charge on any atom is -0.444 e. The molecule has 100 valence electrons. The summed E-state index contributed by atoms with van der Waals surface area (Å²) in [5.74, 6) is 0. The maximum Gasteiger partial charge on any atom is 0.410 e. The third-order valence-corrected chi connectivity index (χ3v) is 2.59. The maximum atomic E-state index is 12.0. The summed E-state index contributed by atoms with van der Waals surface area (Å²) in [7, 11) is 0. The summed E-state index contributed by atoms with van der Waals surface area (Å²) in [6.07, 6.45) is 0.481. The van der Waals surface area contributed by atoms with Crippen LogP contribution in [0.4, 0.5) is 4.79 Å². The summed E-state index contributed by atoms with van der Waals surface area (Å²) >= 11 is 0. The first-order valence-electron chi connectivity index (χ1n) is 6.16. The fourth-order valence-corrected chi connectivity index (χ4v) is 1.91. The van der Waals surface area contributed by atoms with E-state index < -0.39 is 5.60 Å². The van der Waals surface area contributed by atoms with Gasteiger partial charge in [0.15, 0.2) is 0 Å². The zero-order valence-corrected chi connectivity index (χ0v) is 11.2. The van der Waals surface area contributed by atoms with E-state index in [2.05, 4.69) is 0 Å². The molecule has 0 saturated carbocycles. The van der Waals surface area contributed by atoms with Crippen molar-refractivity contribution in [2.24, 2.45) is 5.73 Å². The van der Waals surface area contributed by atoms with Gasteiger partial charge in [-0.05, 0) is 34.1 Å². The van der Waals surface area contributed by atoms with Crippen molar-refractivity contribution >= 4 is 6.09 Å². The molecular formula is C12H24N2O3. The van der Waals surface area contributed by atoms with E-state index in [-0.39, 0.29) is 18.2 Å². The van der Waals surface area contributed by atoms with Crippen LogP contribution in [-0.4, -0.2) is 48.4 Å². The summed E-state index contributed by atoms with van der Waals surface area (Å²) < 4.78 is 10.7. The van der Waals surface area contributed by atoms with Gasteiger partial charge in [0.05, 0.1) is 12.6 Å². The molecular weight excluding hydrogens is 220 g/mol. The second-order valence-corrected chi connectivity index (χ2v) is 5.44. The molecule has 1 heterocycles. The Kier molecular flexibility index (Phi) is 4.77. The predicted octanol–water partition coefficient (Wildman–Crippen LogP) is 1.36. The minimum absolute atomic E-state index is 0.0213. The molecule has 2 N–H and O–H groups in total. The van der Waals surface area contributed by atoms with Crippen LogP contribution in [0.25, 0.3) is 0 Å². The summed E-state index contributed by atoms with van der Waals surface area (Å²) in [6.45, 7) is 9.24. The van der Waals surface area contributed by atoms with E-state index in [1.807, 2.05) is 27.7 Å². The normalized spacial score (nSPS) is 25.1. The standard InChI is InChI=1S/C12H24N2O3/c1-5-16-8-10-6-9(13)7-14(10)11(15)17-12(2,3)4/h9-10H,5-8,13H2,1-4H3/t9-,10+/m1/s1. The van der Waals surface area contributed by atoms with Crippen molar-refractivity contribution in [3.63, 3.8) is 0 Å². The van der Waals surface area contributed by atoms with E-state index >= 15 is 0 Å². The molecule has 0 aromatic carbocycles. The molecule has 5 heteroatoms. The van der Waals surface area contributed by atoms with Gasteiger partial charge in [0.1, 0.15) is 5.60 Å². The lowest BCUT2D eigenvalue weighted by Gasteiger charge is -2.28. The zero-order chi connectivity index (χ0) is 13.1. The Bertz CT molecular complexity index is 263. The molecule has 1 amide bonds. The molecule has 5 nitrogen and oxygen atoms in total. The highest BCUT2D eigenvalue weighted by atomic mass is 16.6. The lowest BCUT2D eigenvalue weighted by atomic mass is 10.2. The molecule has 17 heavy (non-hydrogen) atoms. The van der Waals surface area contributed by atoms with Crippen LogP contribution in [0.2, 0.25) is 0 Å². The number of nitrogens with zero attached hydrogens (tertiary/aromatic N) is 1. The Balaban J connectivity index is 2.57. The van der Waals surface area contributed by atoms with Crippen molar-refractivity contribution in [1.82, 2.24) is 4.90 Å². The van der Waals surface area contributed by atoms with Gasteiger partial charge in [-0.1, -0.05) is 0 Å². The van der Waals surface area contributed by atoms with E-state index in [0.29, 0.717) is 19.8 Å². The van der Waals surface area contributed by atoms with Crippen LogP contribution in [0.3, 0.4) is 0 Å².